The highest BCUT2D eigenvalue weighted by molar-refractivity contribution is 5.40. The molecule has 0 amide bonds. The number of aliphatic hydroxyl groups excluding tert-OH is 1. The molecule has 1 unspecified atom stereocenters. The van der Waals surface area contributed by atoms with Crippen LogP contribution < -0.4 is 0 Å². The zero-order valence-corrected chi connectivity index (χ0v) is 12.1. The maximum atomic E-state index is 13.8. The van der Waals surface area contributed by atoms with Crippen LogP contribution in [0.15, 0.2) is 36.4 Å². The summed E-state index contributed by atoms with van der Waals surface area (Å²) in [4.78, 5) is 0. The molecule has 4 heteroatoms. The molecule has 2 aromatic carbocycles. The molecule has 2 aromatic rings. The molecule has 0 heterocycles. The van der Waals surface area contributed by atoms with Crippen molar-refractivity contribution in [2.45, 2.75) is 32.3 Å². The van der Waals surface area contributed by atoms with E-state index in [0.717, 1.165) is 5.56 Å². The smallest absolute Gasteiger partial charge is 0.161 e. The molecule has 2 rings (SSSR count). The third-order valence-corrected chi connectivity index (χ3v) is 3.40. The molecule has 0 radical (unpaired) electrons. The fraction of sp³-hybridized carbons (Fsp3) is 0.294. The molecule has 0 bridgehead atoms. The first-order chi connectivity index (χ1) is 9.71. The van der Waals surface area contributed by atoms with Crippen molar-refractivity contribution in [3.8, 4) is 0 Å². The van der Waals surface area contributed by atoms with Gasteiger partial charge in [0.15, 0.2) is 11.6 Å². The number of halogens is 3. The van der Waals surface area contributed by atoms with Crippen molar-refractivity contribution in [2.75, 3.05) is 0 Å². The summed E-state index contributed by atoms with van der Waals surface area (Å²) in [5, 5.41) is 10.4. The van der Waals surface area contributed by atoms with E-state index in [2.05, 4.69) is 0 Å². The van der Waals surface area contributed by atoms with Gasteiger partial charge < -0.3 is 5.11 Å². The van der Waals surface area contributed by atoms with Gasteiger partial charge in [-0.15, -0.1) is 0 Å². The average Bonchev–Trinajstić information content (AvgIpc) is 2.41. The van der Waals surface area contributed by atoms with Crippen LogP contribution in [0.4, 0.5) is 13.2 Å². The number of hydrogen-bond acceptors (Lipinski definition) is 1. The monoisotopic (exact) mass is 294 g/mol. The van der Waals surface area contributed by atoms with Crippen LogP contribution in [-0.4, -0.2) is 5.11 Å². The summed E-state index contributed by atoms with van der Waals surface area (Å²) >= 11 is 0. The largest absolute Gasteiger partial charge is 0.384 e. The van der Waals surface area contributed by atoms with Gasteiger partial charge in [-0.05, 0) is 22.6 Å². The highest BCUT2D eigenvalue weighted by Crippen LogP contribution is 2.33. The molecule has 0 aliphatic rings. The number of benzene rings is 2. The summed E-state index contributed by atoms with van der Waals surface area (Å²) < 4.78 is 40.1. The van der Waals surface area contributed by atoms with Crippen LogP contribution in [-0.2, 0) is 5.41 Å². The summed E-state index contributed by atoms with van der Waals surface area (Å²) in [6.45, 7) is 5.88. The third kappa shape index (κ3) is 3.10. The van der Waals surface area contributed by atoms with Gasteiger partial charge in [0.25, 0.3) is 0 Å². The second kappa shape index (κ2) is 5.53. The first-order valence-corrected chi connectivity index (χ1v) is 6.63. The van der Waals surface area contributed by atoms with Gasteiger partial charge in [-0.25, -0.2) is 13.2 Å². The van der Waals surface area contributed by atoms with Crippen molar-refractivity contribution in [3.05, 3.63) is 70.5 Å². The Bertz CT molecular complexity index is 660. The summed E-state index contributed by atoms with van der Waals surface area (Å²) in [5.74, 6) is -3.42. The van der Waals surface area contributed by atoms with E-state index >= 15 is 0 Å². The Morgan fingerprint density at radius 3 is 2.05 bits per heavy atom. The lowest BCUT2D eigenvalue weighted by Crippen LogP contribution is -2.17. The Kier molecular flexibility index (Phi) is 4.10. The maximum Gasteiger partial charge on any atom is 0.161 e. The minimum absolute atomic E-state index is 0.271. The van der Waals surface area contributed by atoms with Crippen molar-refractivity contribution < 1.29 is 18.3 Å². The van der Waals surface area contributed by atoms with Gasteiger partial charge in [-0.1, -0.05) is 45.0 Å². The van der Waals surface area contributed by atoms with Crippen LogP contribution in [0.5, 0.6) is 0 Å². The molecule has 0 fully saturated rings. The topological polar surface area (TPSA) is 20.2 Å². The van der Waals surface area contributed by atoms with Crippen molar-refractivity contribution >= 4 is 0 Å². The standard InChI is InChI=1S/C17H17F3O/c1-17(2,3)12-7-5-4-6-10(12)16(21)11-8-14(19)15(20)9-13(11)18/h4-9,16,21H,1-3H3. The molecule has 0 saturated carbocycles. The van der Waals surface area contributed by atoms with E-state index in [1.54, 1.807) is 12.1 Å². The second-order valence-electron chi connectivity index (χ2n) is 6.03. The van der Waals surface area contributed by atoms with E-state index in [0.29, 0.717) is 17.7 Å². The van der Waals surface area contributed by atoms with Crippen LogP contribution in [0, 0.1) is 17.5 Å². The van der Waals surface area contributed by atoms with Gasteiger partial charge in [0, 0.05) is 11.6 Å². The molecule has 21 heavy (non-hydrogen) atoms. The summed E-state index contributed by atoms with van der Waals surface area (Å²) in [6.07, 6.45) is -1.35. The van der Waals surface area contributed by atoms with Gasteiger partial charge in [0.1, 0.15) is 11.9 Å². The zero-order chi connectivity index (χ0) is 15.8. The van der Waals surface area contributed by atoms with Crippen molar-refractivity contribution in [1.82, 2.24) is 0 Å². The molecule has 0 spiro atoms. The lowest BCUT2D eigenvalue weighted by Gasteiger charge is -2.25. The normalized spacial score (nSPS) is 13.3. The van der Waals surface area contributed by atoms with Crippen LogP contribution in [0.3, 0.4) is 0 Å². The van der Waals surface area contributed by atoms with E-state index in [1.165, 1.54) is 0 Å². The molecule has 1 atom stereocenters. The Morgan fingerprint density at radius 1 is 0.857 bits per heavy atom. The molecule has 0 aromatic heterocycles. The average molecular weight is 294 g/mol. The summed E-state index contributed by atoms with van der Waals surface area (Å²) in [5.41, 5.74) is 0.759. The number of rotatable bonds is 2. The predicted molar refractivity (Wildman–Crippen MR) is 75.5 cm³/mol. The highest BCUT2D eigenvalue weighted by atomic mass is 19.2. The van der Waals surface area contributed by atoms with Gasteiger partial charge in [0.2, 0.25) is 0 Å². The fourth-order valence-corrected chi connectivity index (χ4v) is 2.33. The maximum absolute atomic E-state index is 13.8. The van der Waals surface area contributed by atoms with E-state index in [9.17, 15) is 18.3 Å². The van der Waals surface area contributed by atoms with Gasteiger partial charge in [-0.2, -0.15) is 0 Å². The SMILES string of the molecule is CC(C)(C)c1ccccc1C(O)c1cc(F)c(F)cc1F. The van der Waals surface area contributed by atoms with Crippen LogP contribution in [0.25, 0.3) is 0 Å². The van der Waals surface area contributed by atoms with E-state index in [-0.39, 0.29) is 11.0 Å². The second-order valence-corrected chi connectivity index (χ2v) is 6.03. The fourth-order valence-electron chi connectivity index (χ4n) is 2.33. The molecular formula is C17H17F3O. The number of aliphatic hydroxyl groups is 1. The molecule has 0 saturated heterocycles. The molecule has 112 valence electrons. The van der Waals surface area contributed by atoms with Crippen molar-refractivity contribution in [1.29, 1.82) is 0 Å². The Hall–Kier alpha value is -1.81. The van der Waals surface area contributed by atoms with E-state index < -0.39 is 23.6 Å². The quantitative estimate of drug-likeness (QED) is 0.809. The van der Waals surface area contributed by atoms with Crippen molar-refractivity contribution in [3.63, 3.8) is 0 Å². The molecule has 0 aliphatic heterocycles. The highest BCUT2D eigenvalue weighted by Gasteiger charge is 2.25. The lowest BCUT2D eigenvalue weighted by atomic mass is 9.81. The summed E-state index contributed by atoms with van der Waals surface area (Å²) in [6, 6.07) is 8.18. The first kappa shape index (κ1) is 15.6. The zero-order valence-electron chi connectivity index (χ0n) is 12.1. The molecule has 0 aliphatic carbocycles. The Balaban J connectivity index is 2.56. The van der Waals surface area contributed by atoms with Gasteiger partial charge in [-0.3, -0.25) is 0 Å². The third-order valence-electron chi connectivity index (χ3n) is 3.40. The minimum atomic E-state index is -1.35. The minimum Gasteiger partial charge on any atom is -0.384 e. The van der Waals surface area contributed by atoms with Crippen LogP contribution in [0.2, 0.25) is 0 Å². The van der Waals surface area contributed by atoms with Crippen LogP contribution >= 0.6 is 0 Å². The Morgan fingerprint density at radius 2 is 1.43 bits per heavy atom. The van der Waals surface area contributed by atoms with Crippen molar-refractivity contribution in [2.24, 2.45) is 0 Å². The van der Waals surface area contributed by atoms with Gasteiger partial charge in [0.05, 0.1) is 0 Å². The summed E-state index contributed by atoms with van der Waals surface area (Å²) in [7, 11) is 0. The van der Waals surface area contributed by atoms with Gasteiger partial charge >= 0.3 is 0 Å². The predicted octanol–water partition coefficient (Wildman–Crippen LogP) is 4.48. The Labute approximate surface area is 122 Å². The molecular weight excluding hydrogens is 277 g/mol. The van der Waals surface area contributed by atoms with E-state index in [1.807, 2.05) is 32.9 Å². The molecule has 1 N–H and O–H groups in total. The van der Waals surface area contributed by atoms with Crippen LogP contribution in [0.1, 0.15) is 43.6 Å². The lowest BCUT2D eigenvalue weighted by molar-refractivity contribution is 0.211. The first-order valence-electron chi connectivity index (χ1n) is 6.63. The number of hydrogen-bond donors (Lipinski definition) is 1. The molecule has 1 nitrogen and oxygen atoms in total. The van der Waals surface area contributed by atoms with E-state index in [4.69, 9.17) is 0 Å².